The topological polar surface area (TPSA) is 176 Å². The Morgan fingerprint density at radius 1 is 0.926 bits per heavy atom. The number of anilines is 1. The van der Waals surface area contributed by atoms with Crippen molar-refractivity contribution in [3.05, 3.63) is 53.7 Å². The lowest BCUT2D eigenvalue weighted by Gasteiger charge is -2.29. The van der Waals surface area contributed by atoms with Crippen LogP contribution in [0.25, 0.3) is 5.52 Å². The number of nitrogens with two attached hydrogens (primary N) is 1. The molecular weight excluding hydrogens is 707 g/mol. The van der Waals surface area contributed by atoms with Gasteiger partial charge in [-0.3, -0.25) is 9.05 Å². The summed E-state index contributed by atoms with van der Waals surface area (Å²) in [6.45, 7) is 4.42. The van der Waals surface area contributed by atoms with Gasteiger partial charge in [0.15, 0.2) is 5.82 Å². The van der Waals surface area contributed by atoms with E-state index in [1.165, 1.54) is 103 Å². The lowest BCUT2D eigenvalue weighted by molar-refractivity contribution is -0.0620. The van der Waals surface area contributed by atoms with Crippen molar-refractivity contribution in [2.24, 2.45) is 0 Å². The van der Waals surface area contributed by atoms with Crippen molar-refractivity contribution < 1.29 is 32.7 Å². The number of pyridine rings is 1. The van der Waals surface area contributed by atoms with Gasteiger partial charge in [-0.15, -0.1) is 0 Å². The van der Waals surface area contributed by atoms with Gasteiger partial charge in [0.2, 0.25) is 0 Å². The van der Waals surface area contributed by atoms with Gasteiger partial charge >= 0.3 is 7.82 Å². The van der Waals surface area contributed by atoms with Crippen LogP contribution in [0.15, 0.2) is 36.7 Å². The number of nitrogens with zero attached hydrogens (tertiary/aromatic N) is 5. The standard InChI is InChI=1S/C40H65N6O7P/c1-4-5-6-7-8-9-10-11-12-13-14-15-16-17-18-19-27-50-30-37(51-29-35-22-20-21-34(28-41)45-35)31-52-54(47,48)53-32-40(2,49-3)26-25-36-23-24-38-39(42)43-33-44-46(36)38/h20-24,33,37H,4-19,25-27,29-32H2,1-3H3,(H,47,48)(H2,42,43,44)/t37-,40+/m1/s1. The number of nitriles is 1. The van der Waals surface area contributed by atoms with Crippen molar-refractivity contribution in [3.63, 3.8) is 0 Å². The zero-order valence-corrected chi connectivity index (χ0v) is 33.9. The fraction of sp³-hybridized carbons (Fsp3) is 0.700. The van der Waals surface area contributed by atoms with E-state index in [0.29, 0.717) is 36.5 Å². The molecule has 3 aromatic heterocycles. The summed E-state index contributed by atoms with van der Waals surface area (Å²) >= 11 is 0. The second-order valence-corrected chi connectivity index (χ2v) is 15.8. The molecule has 3 rings (SSSR count). The smallest absolute Gasteiger partial charge is 0.382 e. The van der Waals surface area contributed by atoms with Crippen molar-refractivity contribution in [1.29, 1.82) is 5.26 Å². The number of aryl methyl sites for hydroxylation is 1. The highest BCUT2D eigenvalue weighted by Gasteiger charge is 2.31. The van der Waals surface area contributed by atoms with Gasteiger partial charge < -0.3 is 24.8 Å². The number of hydrogen-bond donors (Lipinski definition) is 2. The minimum atomic E-state index is -4.49. The van der Waals surface area contributed by atoms with Crippen LogP contribution in [-0.2, 0) is 40.9 Å². The van der Waals surface area contributed by atoms with E-state index in [2.05, 4.69) is 22.0 Å². The van der Waals surface area contributed by atoms with Crippen molar-refractivity contribution in [1.82, 2.24) is 19.6 Å². The monoisotopic (exact) mass is 772 g/mol. The van der Waals surface area contributed by atoms with Crippen LogP contribution >= 0.6 is 7.82 Å². The van der Waals surface area contributed by atoms with Gasteiger partial charge in [0.1, 0.15) is 29.7 Å². The third-order valence-electron chi connectivity index (χ3n) is 9.75. The largest absolute Gasteiger partial charge is 0.472 e. The zero-order valence-electron chi connectivity index (χ0n) is 33.0. The highest BCUT2D eigenvalue weighted by Crippen LogP contribution is 2.44. The summed E-state index contributed by atoms with van der Waals surface area (Å²) in [6, 6.07) is 10.9. The van der Waals surface area contributed by atoms with E-state index in [1.807, 2.05) is 18.2 Å². The first kappa shape index (κ1) is 45.4. The highest BCUT2D eigenvalue weighted by atomic mass is 31.2. The van der Waals surface area contributed by atoms with E-state index in [-0.39, 0.29) is 32.1 Å². The number of nitrogen functional groups attached to an aromatic ring is 1. The number of fused-ring (bicyclic) bond motifs is 1. The number of phosphoric acid groups is 1. The normalized spacial score (nSPS) is 14.5. The molecule has 302 valence electrons. The van der Waals surface area contributed by atoms with Gasteiger partial charge in [-0.1, -0.05) is 109 Å². The molecule has 0 spiro atoms. The quantitative estimate of drug-likeness (QED) is 0.0456. The number of ether oxygens (including phenoxy) is 3. The molecule has 54 heavy (non-hydrogen) atoms. The predicted molar refractivity (Wildman–Crippen MR) is 211 cm³/mol. The van der Waals surface area contributed by atoms with E-state index in [1.54, 1.807) is 29.6 Å². The number of aromatic nitrogens is 4. The molecule has 0 aliphatic heterocycles. The van der Waals surface area contributed by atoms with E-state index in [9.17, 15) is 14.7 Å². The van der Waals surface area contributed by atoms with Crippen LogP contribution in [0.5, 0.6) is 0 Å². The maximum absolute atomic E-state index is 13.0. The van der Waals surface area contributed by atoms with Gasteiger partial charge in [0, 0.05) is 19.4 Å². The maximum atomic E-state index is 13.0. The van der Waals surface area contributed by atoms with Crippen LogP contribution < -0.4 is 5.73 Å². The summed E-state index contributed by atoms with van der Waals surface area (Å²) in [4.78, 5) is 18.9. The Morgan fingerprint density at radius 3 is 2.20 bits per heavy atom. The number of unbranched alkanes of at least 4 members (excludes halogenated alkanes) is 15. The van der Waals surface area contributed by atoms with E-state index in [4.69, 9.17) is 29.0 Å². The van der Waals surface area contributed by atoms with Crippen molar-refractivity contribution in [2.75, 3.05) is 39.3 Å². The molecular formula is C40H65N6O7P. The minimum absolute atomic E-state index is 0.0786. The molecule has 1 unspecified atom stereocenters. The fourth-order valence-corrected chi connectivity index (χ4v) is 7.06. The number of hydrogen-bond acceptors (Lipinski definition) is 11. The highest BCUT2D eigenvalue weighted by molar-refractivity contribution is 7.47. The number of phosphoric ester groups is 1. The lowest BCUT2D eigenvalue weighted by Crippen LogP contribution is -2.34. The molecule has 13 nitrogen and oxygen atoms in total. The summed E-state index contributed by atoms with van der Waals surface area (Å²) in [5.41, 5.74) is 7.49. The molecule has 0 aliphatic carbocycles. The Hall–Kier alpha value is -2.95. The molecule has 0 bridgehead atoms. The van der Waals surface area contributed by atoms with Gasteiger partial charge in [0.25, 0.3) is 0 Å². The fourth-order valence-electron chi connectivity index (χ4n) is 6.19. The third-order valence-corrected chi connectivity index (χ3v) is 10.7. The Balaban J connectivity index is 1.36. The van der Waals surface area contributed by atoms with Gasteiger partial charge in [-0.05, 0) is 50.5 Å². The SMILES string of the molecule is CCCCCCCCCCCCCCCCCCOC[C@H](COP(=O)(O)OC[C@](C)(CCc1ccc2c(N)ncnn12)OC)OCc1cccc(C#N)n1. The molecule has 3 atom stereocenters. The second-order valence-electron chi connectivity index (χ2n) is 14.4. The van der Waals surface area contributed by atoms with E-state index < -0.39 is 19.5 Å². The summed E-state index contributed by atoms with van der Waals surface area (Å²) in [5.74, 6) is 0.382. The maximum Gasteiger partial charge on any atom is 0.472 e. The van der Waals surface area contributed by atoms with Gasteiger partial charge in [-0.2, -0.15) is 10.4 Å². The first-order valence-corrected chi connectivity index (χ1v) is 21.5. The Kier molecular flexibility index (Phi) is 21.9. The van der Waals surface area contributed by atoms with Crippen LogP contribution in [0.3, 0.4) is 0 Å². The molecule has 3 N–H and O–H groups in total. The van der Waals surface area contributed by atoms with Crippen LogP contribution in [0.2, 0.25) is 0 Å². The molecule has 0 aromatic carbocycles. The molecule has 0 amide bonds. The minimum Gasteiger partial charge on any atom is -0.382 e. The Bertz CT molecular complexity index is 1550. The van der Waals surface area contributed by atoms with Crippen molar-refractivity contribution in [3.8, 4) is 6.07 Å². The summed E-state index contributed by atoms with van der Waals surface area (Å²) < 4.78 is 43.1. The van der Waals surface area contributed by atoms with Crippen molar-refractivity contribution in [2.45, 2.75) is 148 Å². The molecule has 0 saturated carbocycles. The molecule has 0 radical (unpaired) electrons. The van der Waals surface area contributed by atoms with Crippen LogP contribution in [-0.4, -0.2) is 69.7 Å². The van der Waals surface area contributed by atoms with E-state index >= 15 is 0 Å². The molecule has 0 aliphatic rings. The Morgan fingerprint density at radius 2 is 1.57 bits per heavy atom. The zero-order chi connectivity index (χ0) is 38.9. The van der Waals surface area contributed by atoms with Crippen LogP contribution in [0, 0.1) is 11.3 Å². The van der Waals surface area contributed by atoms with Crippen LogP contribution in [0.4, 0.5) is 5.82 Å². The molecule has 14 heteroatoms. The summed E-state index contributed by atoms with van der Waals surface area (Å²) in [7, 11) is -2.96. The summed E-state index contributed by atoms with van der Waals surface area (Å²) in [6.07, 6.45) is 22.5. The average molecular weight is 773 g/mol. The molecule has 3 aromatic rings. The first-order chi connectivity index (χ1) is 26.2. The van der Waals surface area contributed by atoms with Gasteiger partial charge in [-0.25, -0.2) is 19.0 Å². The Labute approximate surface area is 322 Å². The number of methoxy groups -OCH3 is 1. The first-order valence-electron chi connectivity index (χ1n) is 20.0. The second kappa shape index (κ2) is 26.0. The lowest BCUT2D eigenvalue weighted by atomic mass is 10.00. The van der Waals surface area contributed by atoms with E-state index in [0.717, 1.165) is 18.5 Å². The third kappa shape index (κ3) is 18.1. The summed E-state index contributed by atoms with van der Waals surface area (Å²) in [5, 5.41) is 13.5. The van der Waals surface area contributed by atoms with Gasteiger partial charge in [0.05, 0.1) is 37.7 Å². The predicted octanol–water partition coefficient (Wildman–Crippen LogP) is 8.91. The van der Waals surface area contributed by atoms with Crippen molar-refractivity contribution >= 4 is 19.2 Å². The number of rotatable bonds is 32. The molecule has 0 fully saturated rings. The van der Waals surface area contributed by atoms with Crippen LogP contribution in [0.1, 0.15) is 140 Å². The molecule has 0 saturated heterocycles. The average Bonchev–Trinajstić information content (AvgIpc) is 3.61. The molecule has 3 heterocycles.